The highest BCUT2D eigenvalue weighted by Gasteiger charge is 2.45. The molecule has 7 heteroatoms. The molecule has 2 heterocycles. The first-order chi connectivity index (χ1) is 12.4. The maximum absolute atomic E-state index is 13.1. The summed E-state index contributed by atoms with van der Waals surface area (Å²) in [7, 11) is 1.42. The maximum Gasteiger partial charge on any atom is 0.306 e. The summed E-state index contributed by atoms with van der Waals surface area (Å²) in [4.78, 5) is 51.5. The molecular weight excluding hydrogens is 336 g/mol. The van der Waals surface area contributed by atoms with Crippen molar-refractivity contribution >= 4 is 23.7 Å². The molecule has 3 amide bonds. The summed E-state index contributed by atoms with van der Waals surface area (Å²) < 4.78 is 0. The monoisotopic (exact) mass is 356 g/mol. The maximum atomic E-state index is 13.1. The van der Waals surface area contributed by atoms with Gasteiger partial charge in [-0.05, 0) is 43.4 Å². The number of imide groups is 1. The Kier molecular flexibility index (Phi) is 3.82. The van der Waals surface area contributed by atoms with Gasteiger partial charge in [0.25, 0.3) is 17.7 Å². The van der Waals surface area contributed by atoms with Crippen molar-refractivity contribution in [2.45, 2.75) is 31.7 Å². The number of hydrogen-bond acceptors (Lipinski definition) is 4. The largest absolute Gasteiger partial charge is 0.481 e. The highest BCUT2D eigenvalue weighted by Crippen LogP contribution is 2.41. The molecule has 1 saturated heterocycles. The Labute approximate surface area is 150 Å². The molecule has 0 aromatic heterocycles. The van der Waals surface area contributed by atoms with E-state index in [0.717, 1.165) is 24.2 Å². The van der Waals surface area contributed by atoms with Crippen LogP contribution in [0.4, 0.5) is 0 Å². The molecule has 3 atom stereocenters. The second-order valence-electron chi connectivity index (χ2n) is 7.32. The van der Waals surface area contributed by atoms with E-state index in [1.807, 2.05) is 0 Å². The lowest BCUT2D eigenvalue weighted by Gasteiger charge is -2.41. The number of fused-ring (bicyclic) bond motifs is 2. The van der Waals surface area contributed by atoms with Gasteiger partial charge in [-0.2, -0.15) is 0 Å². The van der Waals surface area contributed by atoms with Gasteiger partial charge in [0, 0.05) is 25.2 Å². The van der Waals surface area contributed by atoms with Crippen LogP contribution in [0.5, 0.6) is 0 Å². The molecule has 1 aromatic carbocycles. The van der Waals surface area contributed by atoms with Gasteiger partial charge >= 0.3 is 5.97 Å². The standard InChI is InChI=1S/C19H20N2O5/c1-20-17(23)12-6-5-10(9-14(12)18(20)24)16(22)21-8-7-13(19(25)26)11-3-2-4-15(11)21/h5-6,9,11,13,15H,2-4,7-8H2,1H3,(H,25,26). The number of amides is 3. The number of carbonyl (C=O) groups excluding carboxylic acids is 3. The number of carbonyl (C=O) groups is 4. The summed E-state index contributed by atoms with van der Waals surface area (Å²) in [5.74, 6) is -2.12. The first-order valence-corrected chi connectivity index (χ1v) is 8.90. The van der Waals surface area contributed by atoms with Crippen molar-refractivity contribution in [3.05, 3.63) is 34.9 Å². The Bertz CT molecular complexity index is 833. The molecule has 1 aliphatic carbocycles. The average molecular weight is 356 g/mol. The molecule has 2 aliphatic heterocycles. The number of benzene rings is 1. The molecule has 0 spiro atoms. The van der Waals surface area contributed by atoms with E-state index in [0.29, 0.717) is 24.1 Å². The molecule has 3 unspecified atom stereocenters. The van der Waals surface area contributed by atoms with Crippen LogP contribution in [0.15, 0.2) is 18.2 Å². The summed E-state index contributed by atoms with van der Waals surface area (Å²) >= 11 is 0. The molecule has 26 heavy (non-hydrogen) atoms. The molecule has 4 rings (SSSR count). The fraction of sp³-hybridized carbons (Fsp3) is 0.474. The molecule has 1 saturated carbocycles. The van der Waals surface area contributed by atoms with Gasteiger partial charge in [-0.3, -0.25) is 24.1 Å². The van der Waals surface area contributed by atoms with Crippen molar-refractivity contribution < 1.29 is 24.3 Å². The Hall–Kier alpha value is -2.70. The first-order valence-electron chi connectivity index (χ1n) is 8.90. The van der Waals surface area contributed by atoms with Crippen LogP contribution in [0.3, 0.4) is 0 Å². The fourth-order valence-electron chi connectivity index (χ4n) is 4.70. The predicted molar refractivity (Wildman–Crippen MR) is 90.8 cm³/mol. The van der Waals surface area contributed by atoms with Gasteiger partial charge in [0.05, 0.1) is 17.0 Å². The number of rotatable bonds is 2. The van der Waals surface area contributed by atoms with Crippen molar-refractivity contribution in [1.82, 2.24) is 9.80 Å². The van der Waals surface area contributed by atoms with Gasteiger partial charge in [0.15, 0.2) is 0 Å². The van der Waals surface area contributed by atoms with Crippen LogP contribution >= 0.6 is 0 Å². The number of aliphatic carboxylic acids is 1. The van der Waals surface area contributed by atoms with E-state index in [2.05, 4.69) is 0 Å². The van der Waals surface area contributed by atoms with E-state index >= 15 is 0 Å². The highest BCUT2D eigenvalue weighted by molar-refractivity contribution is 6.21. The zero-order valence-corrected chi connectivity index (χ0v) is 14.5. The fourth-order valence-corrected chi connectivity index (χ4v) is 4.70. The third-order valence-corrected chi connectivity index (χ3v) is 6.04. The van der Waals surface area contributed by atoms with Crippen LogP contribution in [-0.4, -0.2) is 58.2 Å². The van der Waals surface area contributed by atoms with Crippen molar-refractivity contribution in [1.29, 1.82) is 0 Å². The van der Waals surface area contributed by atoms with Crippen molar-refractivity contribution in [3.63, 3.8) is 0 Å². The van der Waals surface area contributed by atoms with Gasteiger partial charge in [0.2, 0.25) is 0 Å². The predicted octanol–water partition coefficient (Wildman–Crippen LogP) is 1.63. The lowest BCUT2D eigenvalue weighted by Crippen LogP contribution is -2.51. The normalized spacial score (nSPS) is 27.5. The van der Waals surface area contributed by atoms with Crippen LogP contribution in [0, 0.1) is 11.8 Å². The lowest BCUT2D eigenvalue weighted by atomic mass is 9.81. The Morgan fingerprint density at radius 3 is 2.54 bits per heavy atom. The number of piperidine rings is 1. The van der Waals surface area contributed by atoms with Gasteiger partial charge in [-0.15, -0.1) is 0 Å². The van der Waals surface area contributed by atoms with Crippen molar-refractivity contribution in [2.75, 3.05) is 13.6 Å². The highest BCUT2D eigenvalue weighted by atomic mass is 16.4. The minimum atomic E-state index is -0.779. The third-order valence-electron chi connectivity index (χ3n) is 6.04. The summed E-state index contributed by atoms with van der Waals surface area (Å²) in [6.45, 7) is 0.404. The van der Waals surface area contributed by atoms with Gasteiger partial charge in [0.1, 0.15) is 0 Å². The van der Waals surface area contributed by atoms with Crippen LogP contribution in [0.1, 0.15) is 56.8 Å². The van der Waals surface area contributed by atoms with Crippen molar-refractivity contribution in [2.24, 2.45) is 11.8 Å². The Morgan fingerprint density at radius 2 is 1.81 bits per heavy atom. The zero-order chi connectivity index (χ0) is 18.6. The number of carboxylic acids is 1. The molecule has 1 aromatic rings. The SMILES string of the molecule is CN1C(=O)c2ccc(C(=O)N3CCC(C(=O)O)C4CCCC43)cc2C1=O. The van der Waals surface area contributed by atoms with Crippen LogP contribution in [0.2, 0.25) is 0 Å². The molecule has 7 nitrogen and oxygen atoms in total. The second kappa shape index (κ2) is 5.93. The number of carboxylic acid groups (broad SMARTS) is 1. The van der Waals surface area contributed by atoms with Crippen LogP contribution in [0.25, 0.3) is 0 Å². The smallest absolute Gasteiger partial charge is 0.306 e. The second-order valence-corrected chi connectivity index (χ2v) is 7.32. The van der Waals surface area contributed by atoms with Crippen LogP contribution < -0.4 is 0 Å². The molecule has 2 fully saturated rings. The summed E-state index contributed by atoms with van der Waals surface area (Å²) in [5.41, 5.74) is 0.948. The molecule has 0 radical (unpaired) electrons. The molecule has 1 N–H and O–H groups in total. The van der Waals surface area contributed by atoms with E-state index in [4.69, 9.17) is 0 Å². The molecule has 0 bridgehead atoms. The zero-order valence-electron chi connectivity index (χ0n) is 14.5. The Balaban J connectivity index is 1.62. The summed E-state index contributed by atoms with van der Waals surface area (Å²) in [6, 6.07) is 4.54. The van der Waals surface area contributed by atoms with Gasteiger partial charge in [-0.25, -0.2) is 0 Å². The topological polar surface area (TPSA) is 95.0 Å². The molecule has 136 valence electrons. The van der Waals surface area contributed by atoms with E-state index < -0.39 is 11.9 Å². The van der Waals surface area contributed by atoms with E-state index in [1.54, 1.807) is 11.0 Å². The quantitative estimate of drug-likeness (QED) is 0.813. The minimum Gasteiger partial charge on any atom is -0.481 e. The van der Waals surface area contributed by atoms with Gasteiger partial charge < -0.3 is 10.0 Å². The van der Waals surface area contributed by atoms with Crippen LogP contribution in [-0.2, 0) is 4.79 Å². The lowest BCUT2D eigenvalue weighted by molar-refractivity contribution is -0.146. The Morgan fingerprint density at radius 1 is 1.08 bits per heavy atom. The molecule has 3 aliphatic rings. The van der Waals surface area contributed by atoms with Crippen molar-refractivity contribution in [3.8, 4) is 0 Å². The number of likely N-dealkylation sites (tertiary alicyclic amines) is 1. The summed E-state index contributed by atoms with van der Waals surface area (Å²) in [6.07, 6.45) is 3.01. The first kappa shape index (κ1) is 16.8. The summed E-state index contributed by atoms with van der Waals surface area (Å²) in [5, 5.41) is 9.43. The number of nitrogens with zero attached hydrogens (tertiary/aromatic N) is 2. The number of hydrogen-bond donors (Lipinski definition) is 1. The van der Waals surface area contributed by atoms with E-state index in [9.17, 15) is 24.3 Å². The molecular formula is C19H20N2O5. The van der Waals surface area contributed by atoms with Gasteiger partial charge in [-0.1, -0.05) is 6.42 Å². The third kappa shape index (κ3) is 2.34. The minimum absolute atomic E-state index is 0.00558. The average Bonchev–Trinajstić information content (AvgIpc) is 3.20. The van der Waals surface area contributed by atoms with E-state index in [1.165, 1.54) is 19.2 Å². The van der Waals surface area contributed by atoms with E-state index in [-0.39, 0.29) is 35.3 Å².